The van der Waals surface area contributed by atoms with Crippen molar-refractivity contribution < 1.29 is 23.2 Å². The third kappa shape index (κ3) is 4.04. The standard InChI is InChI=1S/C25H23ClFN3O4/c26-19-5-3-17(7-20(19)27)32-10-16(31)8-24-12-25(13-24,14-24)23-29-22(30-34-23)11-33-18-4-6-21(28-9-18)15-1-2-15/h3-7,9,15H,1-2,8,10-14H2. The van der Waals surface area contributed by atoms with Gasteiger partial charge in [0.15, 0.2) is 12.4 Å². The second-order valence-corrected chi connectivity index (χ2v) is 10.3. The molecule has 0 aliphatic heterocycles. The fourth-order valence-electron chi connectivity index (χ4n) is 5.39. The van der Waals surface area contributed by atoms with Crippen molar-refractivity contribution in [2.45, 2.75) is 56.5 Å². The molecule has 3 aromatic rings. The Morgan fingerprint density at radius 3 is 2.65 bits per heavy atom. The van der Waals surface area contributed by atoms with Crippen molar-refractivity contribution in [2.24, 2.45) is 5.41 Å². The number of ether oxygens (including phenoxy) is 2. The Labute approximate surface area is 200 Å². The Morgan fingerprint density at radius 2 is 1.94 bits per heavy atom. The molecule has 0 N–H and O–H groups in total. The highest BCUT2D eigenvalue weighted by Gasteiger charge is 2.71. The van der Waals surface area contributed by atoms with Crippen LogP contribution < -0.4 is 9.47 Å². The highest BCUT2D eigenvalue weighted by molar-refractivity contribution is 6.30. The van der Waals surface area contributed by atoms with E-state index in [-0.39, 0.29) is 34.8 Å². The van der Waals surface area contributed by atoms with E-state index in [4.69, 9.17) is 25.6 Å². The van der Waals surface area contributed by atoms with Crippen molar-refractivity contribution in [1.82, 2.24) is 15.1 Å². The van der Waals surface area contributed by atoms with Crippen LogP contribution in [-0.4, -0.2) is 27.5 Å². The van der Waals surface area contributed by atoms with Gasteiger partial charge in [0.05, 0.1) is 16.6 Å². The van der Waals surface area contributed by atoms with Gasteiger partial charge in [0, 0.05) is 24.1 Å². The first-order valence-corrected chi connectivity index (χ1v) is 11.8. The number of carbonyl (C=O) groups excluding carboxylic acids is 1. The molecule has 4 aliphatic carbocycles. The molecule has 4 saturated carbocycles. The second kappa shape index (κ2) is 8.05. The molecule has 2 heterocycles. The number of ketones is 1. The van der Waals surface area contributed by atoms with E-state index in [0.717, 1.165) is 25.0 Å². The van der Waals surface area contributed by atoms with Crippen molar-refractivity contribution in [3.63, 3.8) is 0 Å². The summed E-state index contributed by atoms with van der Waals surface area (Å²) in [4.78, 5) is 21.4. The summed E-state index contributed by atoms with van der Waals surface area (Å²) < 4.78 is 30.2. The lowest BCUT2D eigenvalue weighted by molar-refractivity contribution is -0.168. The number of pyridine rings is 1. The van der Waals surface area contributed by atoms with E-state index in [1.54, 1.807) is 12.3 Å². The third-order valence-corrected chi connectivity index (χ3v) is 7.35. The maximum absolute atomic E-state index is 13.5. The lowest BCUT2D eigenvalue weighted by atomic mass is 9.34. The number of hydrogen-bond acceptors (Lipinski definition) is 7. The first-order valence-electron chi connectivity index (χ1n) is 11.4. The molecule has 2 aromatic heterocycles. The summed E-state index contributed by atoms with van der Waals surface area (Å²) in [6.07, 6.45) is 7.13. The number of hydrogen-bond donors (Lipinski definition) is 0. The quantitative estimate of drug-likeness (QED) is 0.393. The van der Waals surface area contributed by atoms with Crippen molar-refractivity contribution in [1.29, 1.82) is 0 Å². The second-order valence-electron chi connectivity index (χ2n) is 9.89. The van der Waals surface area contributed by atoms with Gasteiger partial charge in [-0.15, -0.1) is 0 Å². The zero-order valence-corrected chi connectivity index (χ0v) is 19.2. The molecule has 2 bridgehead atoms. The molecule has 4 aliphatic rings. The number of carbonyl (C=O) groups is 1. The van der Waals surface area contributed by atoms with Gasteiger partial charge in [-0.1, -0.05) is 16.8 Å². The van der Waals surface area contributed by atoms with Gasteiger partial charge in [-0.2, -0.15) is 4.98 Å². The molecule has 0 radical (unpaired) electrons. The monoisotopic (exact) mass is 483 g/mol. The summed E-state index contributed by atoms with van der Waals surface area (Å²) in [7, 11) is 0. The highest BCUT2D eigenvalue weighted by Crippen LogP contribution is 2.74. The zero-order valence-electron chi connectivity index (χ0n) is 18.4. The minimum atomic E-state index is -0.569. The number of aromatic nitrogens is 3. The van der Waals surface area contributed by atoms with E-state index < -0.39 is 5.82 Å². The maximum atomic E-state index is 13.5. The SMILES string of the molecule is O=C(COc1ccc(Cl)c(F)c1)CC12CC(c3nc(COc4ccc(C5CC5)nc4)no3)(C1)C2. The molecule has 7 rings (SSSR count). The minimum Gasteiger partial charge on any atom is -0.486 e. The summed E-state index contributed by atoms with van der Waals surface area (Å²) in [5.41, 5.74) is 0.973. The largest absolute Gasteiger partial charge is 0.486 e. The summed E-state index contributed by atoms with van der Waals surface area (Å²) in [6, 6.07) is 8.08. The lowest BCUT2D eigenvalue weighted by Crippen LogP contribution is -2.65. The van der Waals surface area contributed by atoms with Gasteiger partial charge in [-0.25, -0.2) is 4.39 Å². The van der Waals surface area contributed by atoms with Gasteiger partial charge in [0.25, 0.3) is 0 Å². The minimum absolute atomic E-state index is 0.00964. The van der Waals surface area contributed by atoms with Crippen LogP contribution in [0.5, 0.6) is 11.5 Å². The lowest BCUT2D eigenvalue weighted by Gasteiger charge is -2.68. The van der Waals surface area contributed by atoms with Gasteiger partial charge in [-0.05, 0) is 61.8 Å². The highest BCUT2D eigenvalue weighted by atomic mass is 35.5. The fourth-order valence-corrected chi connectivity index (χ4v) is 5.50. The van der Waals surface area contributed by atoms with E-state index in [9.17, 15) is 9.18 Å². The average molecular weight is 484 g/mol. The van der Waals surface area contributed by atoms with Crippen LogP contribution >= 0.6 is 11.6 Å². The smallest absolute Gasteiger partial charge is 0.233 e. The van der Waals surface area contributed by atoms with Gasteiger partial charge >= 0.3 is 0 Å². The first-order chi connectivity index (χ1) is 16.4. The van der Waals surface area contributed by atoms with Crippen LogP contribution in [0.3, 0.4) is 0 Å². The molecule has 9 heteroatoms. The van der Waals surface area contributed by atoms with Crippen LogP contribution in [0.4, 0.5) is 4.39 Å². The van der Waals surface area contributed by atoms with Crippen LogP contribution in [0, 0.1) is 11.2 Å². The Kier molecular flexibility index (Phi) is 5.09. The number of rotatable bonds is 10. The molecule has 34 heavy (non-hydrogen) atoms. The normalized spacial score (nSPS) is 24.8. The van der Waals surface area contributed by atoms with E-state index in [1.165, 1.54) is 25.0 Å². The maximum Gasteiger partial charge on any atom is 0.233 e. The van der Waals surface area contributed by atoms with E-state index >= 15 is 0 Å². The zero-order chi connectivity index (χ0) is 23.3. The summed E-state index contributed by atoms with van der Waals surface area (Å²) in [5, 5.41) is 4.08. The molecule has 0 unspecified atom stereocenters. The van der Waals surface area contributed by atoms with E-state index in [1.807, 2.05) is 12.1 Å². The van der Waals surface area contributed by atoms with Crippen LogP contribution in [0.25, 0.3) is 0 Å². The average Bonchev–Trinajstić information content (AvgIpc) is 3.53. The molecule has 0 amide bonds. The van der Waals surface area contributed by atoms with Crippen LogP contribution in [0.1, 0.15) is 61.9 Å². The molecular formula is C25H23ClFN3O4. The van der Waals surface area contributed by atoms with Crippen molar-refractivity contribution in [3.8, 4) is 11.5 Å². The molecule has 4 fully saturated rings. The Bertz CT molecular complexity index is 1220. The number of halogens is 2. The Morgan fingerprint density at radius 1 is 1.15 bits per heavy atom. The Hall–Kier alpha value is -3.00. The molecule has 0 saturated heterocycles. The summed E-state index contributed by atoms with van der Waals surface area (Å²) in [6.45, 7) is 0.130. The van der Waals surface area contributed by atoms with Crippen LogP contribution in [0.15, 0.2) is 41.1 Å². The van der Waals surface area contributed by atoms with E-state index in [2.05, 4.69) is 15.1 Å². The molecule has 0 spiro atoms. The van der Waals surface area contributed by atoms with Crippen LogP contribution in [0.2, 0.25) is 5.02 Å². The number of Topliss-reactive ketones (excluding diaryl/α,β-unsaturated/α-hetero) is 1. The molecule has 0 atom stereocenters. The molecular weight excluding hydrogens is 461 g/mol. The van der Waals surface area contributed by atoms with Crippen LogP contribution in [-0.2, 0) is 16.8 Å². The fraction of sp³-hybridized carbons (Fsp3) is 0.440. The molecule has 1 aromatic carbocycles. The van der Waals surface area contributed by atoms with Crippen molar-refractivity contribution >= 4 is 17.4 Å². The molecule has 176 valence electrons. The number of benzene rings is 1. The third-order valence-electron chi connectivity index (χ3n) is 7.05. The predicted octanol–water partition coefficient (Wildman–Crippen LogP) is 5.17. The predicted molar refractivity (Wildman–Crippen MR) is 119 cm³/mol. The van der Waals surface area contributed by atoms with Gasteiger partial charge in [0.2, 0.25) is 11.7 Å². The van der Waals surface area contributed by atoms with Gasteiger partial charge in [0.1, 0.15) is 23.9 Å². The van der Waals surface area contributed by atoms with Crippen molar-refractivity contribution in [2.75, 3.05) is 6.61 Å². The summed E-state index contributed by atoms with van der Waals surface area (Å²) in [5.74, 6) is 2.13. The number of nitrogens with zero attached hydrogens (tertiary/aromatic N) is 3. The first kappa shape index (κ1) is 21.5. The van der Waals surface area contributed by atoms with Gasteiger partial charge in [-0.3, -0.25) is 9.78 Å². The topological polar surface area (TPSA) is 87.3 Å². The Balaban J connectivity index is 0.971. The summed E-state index contributed by atoms with van der Waals surface area (Å²) >= 11 is 5.67. The molecule has 7 nitrogen and oxygen atoms in total. The van der Waals surface area contributed by atoms with Gasteiger partial charge < -0.3 is 14.0 Å². The van der Waals surface area contributed by atoms with Crippen molar-refractivity contribution in [3.05, 3.63) is 64.8 Å². The van der Waals surface area contributed by atoms with E-state index in [0.29, 0.717) is 35.6 Å².